The van der Waals surface area contributed by atoms with Gasteiger partial charge in [-0.1, -0.05) is 72.8 Å². The zero-order chi connectivity index (χ0) is 19.4. The first kappa shape index (κ1) is 19.2. The van der Waals surface area contributed by atoms with Gasteiger partial charge in [0.1, 0.15) is 5.75 Å². The molecular formula is C23H24O3S. The Hall–Kier alpha value is -2.59. The lowest BCUT2D eigenvalue weighted by atomic mass is 9.90. The summed E-state index contributed by atoms with van der Waals surface area (Å²) in [5.41, 5.74) is 4.64. The third-order valence-corrected chi connectivity index (χ3v) is 5.92. The summed E-state index contributed by atoms with van der Waals surface area (Å²) >= 11 is 0. The van der Waals surface area contributed by atoms with Crippen LogP contribution < -0.4 is 4.18 Å². The maximum Gasteiger partial charge on any atom is 0.310 e. The van der Waals surface area contributed by atoms with Crippen LogP contribution in [0.2, 0.25) is 0 Å². The monoisotopic (exact) mass is 380 g/mol. The van der Waals surface area contributed by atoms with Gasteiger partial charge in [0, 0.05) is 5.92 Å². The molecule has 0 unspecified atom stereocenters. The molecule has 0 spiro atoms. The molecule has 0 amide bonds. The third-order valence-electron chi connectivity index (χ3n) is 4.76. The van der Waals surface area contributed by atoms with Crippen molar-refractivity contribution >= 4 is 10.1 Å². The molecule has 27 heavy (non-hydrogen) atoms. The average Bonchev–Trinajstić information content (AvgIpc) is 2.64. The highest BCUT2D eigenvalue weighted by atomic mass is 32.2. The number of hydrogen-bond donors (Lipinski definition) is 0. The van der Waals surface area contributed by atoms with Crippen LogP contribution in [-0.2, 0) is 10.1 Å². The van der Waals surface area contributed by atoms with Gasteiger partial charge in [-0.3, -0.25) is 0 Å². The Kier molecular flexibility index (Phi) is 5.66. The summed E-state index contributed by atoms with van der Waals surface area (Å²) < 4.78 is 31.5. The molecule has 0 saturated heterocycles. The maximum absolute atomic E-state index is 13.0. The Labute approximate surface area is 161 Å². The van der Waals surface area contributed by atoms with Crippen LogP contribution in [-0.4, -0.2) is 14.2 Å². The molecule has 0 aromatic heterocycles. The second-order valence-electron chi connectivity index (χ2n) is 6.85. The zero-order valence-corrected chi connectivity index (χ0v) is 16.7. The predicted molar refractivity (Wildman–Crippen MR) is 110 cm³/mol. The fourth-order valence-electron chi connectivity index (χ4n) is 3.32. The van der Waals surface area contributed by atoms with E-state index < -0.39 is 10.1 Å². The van der Waals surface area contributed by atoms with E-state index in [1.807, 2.05) is 93.6 Å². The van der Waals surface area contributed by atoms with Crippen LogP contribution in [0.5, 0.6) is 5.75 Å². The van der Waals surface area contributed by atoms with Crippen molar-refractivity contribution in [2.75, 3.05) is 5.75 Å². The lowest BCUT2D eigenvalue weighted by molar-refractivity contribution is 0.479. The van der Waals surface area contributed by atoms with Gasteiger partial charge in [0.05, 0.1) is 5.75 Å². The summed E-state index contributed by atoms with van der Waals surface area (Å²) in [6.07, 6.45) is 0. The third kappa shape index (κ3) is 4.58. The minimum atomic E-state index is -3.79. The molecule has 3 rings (SSSR count). The van der Waals surface area contributed by atoms with Gasteiger partial charge in [0.25, 0.3) is 0 Å². The first-order valence-electron chi connectivity index (χ1n) is 8.96. The predicted octanol–water partition coefficient (Wildman–Crippen LogP) is 5.15. The molecule has 1 atom stereocenters. The lowest BCUT2D eigenvalue weighted by Crippen LogP contribution is -2.22. The van der Waals surface area contributed by atoms with Crippen molar-refractivity contribution in [2.24, 2.45) is 0 Å². The van der Waals surface area contributed by atoms with E-state index in [4.69, 9.17) is 4.18 Å². The van der Waals surface area contributed by atoms with Gasteiger partial charge in [0.15, 0.2) is 0 Å². The second-order valence-corrected chi connectivity index (χ2v) is 8.46. The van der Waals surface area contributed by atoms with E-state index in [-0.39, 0.29) is 11.7 Å². The highest BCUT2D eigenvalue weighted by molar-refractivity contribution is 7.87. The van der Waals surface area contributed by atoms with Crippen LogP contribution in [0.4, 0.5) is 0 Å². The van der Waals surface area contributed by atoms with E-state index in [0.717, 1.165) is 27.8 Å². The molecule has 0 aliphatic rings. The molecule has 4 heteroatoms. The lowest BCUT2D eigenvalue weighted by Gasteiger charge is -2.21. The van der Waals surface area contributed by atoms with E-state index >= 15 is 0 Å². The van der Waals surface area contributed by atoms with Gasteiger partial charge in [-0.15, -0.1) is 0 Å². The van der Waals surface area contributed by atoms with E-state index in [1.165, 1.54) is 0 Å². The highest BCUT2D eigenvalue weighted by Crippen LogP contribution is 2.31. The molecule has 140 valence electrons. The number of aryl methyl sites for hydroxylation is 3. The van der Waals surface area contributed by atoms with Crippen molar-refractivity contribution in [3.05, 3.63) is 101 Å². The minimum absolute atomic E-state index is 0.115. The average molecular weight is 381 g/mol. The fourth-order valence-corrected chi connectivity index (χ4v) is 4.69. The van der Waals surface area contributed by atoms with Crippen LogP contribution in [0.15, 0.2) is 72.8 Å². The number of para-hydroxylation sites is 1. The van der Waals surface area contributed by atoms with Gasteiger partial charge in [0.2, 0.25) is 0 Å². The summed E-state index contributed by atoms with van der Waals surface area (Å²) in [6, 6.07) is 23.2. The highest BCUT2D eigenvalue weighted by Gasteiger charge is 2.26. The van der Waals surface area contributed by atoms with E-state index in [1.54, 1.807) is 0 Å². The van der Waals surface area contributed by atoms with Crippen molar-refractivity contribution in [1.82, 2.24) is 0 Å². The van der Waals surface area contributed by atoms with Crippen LogP contribution in [0.25, 0.3) is 0 Å². The summed E-state index contributed by atoms with van der Waals surface area (Å²) in [7, 11) is -3.79. The van der Waals surface area contributed by atoms with E-state index in [0.29, 0.717) is 5.75 Å². The van der Waals surface area contributed by atoms with E-state index in [2.05, 4.69) is 0 Å². The fraction of sp³-hybridized carbons (Fsp3) is 0.217. The summed E-state index contributed by atoms with van der Waals surface area (Å²) in [6.45, 7) is 5.71. The molecule has 0 saturated carbocycles. The Morgan fingerprint density at radius 2 is 1.30 bits per heavy atom. The van der Waals surface area contributed by atoms with Gasteiger partial charge >= 0.3 is 10.1 Å². The zero-order valence-electron chi connectivity index (χ0n) is 15.8. The van der Waals surface area contributed by atoms with Crippen LogP contribution in [0, 0.1) is 20.8 Å². The Morgan fingerprint density at radius 1 is 0.741 bits per heavy atom. The topological polar surface area (TPSA) is 43.4 Å². The van der Waals surface area contributed by atoms with Gasteiger partial charge in [-0.25, -0.2) is 0 Å². The Bertz CT molecular complexity index is 1000. The van der Waals surface area contributed by atoms with Gasteiger partial charge in [-0.05, 0) is 48.6 Å². The van der Waals surface area contributed by atoms with Crippen molar-refractivity contribution in [1.29, 1.82) is 0 Å². The van der Waals surface area contributed by atoms with Crippen molar-refractivity contribution in [2.45, 2.75) is 26.7 Å². The van der Waals surface area contributed by atoms with Crippen LogP contribution >= 0.6 is 0 Å². The summed E-state index contributed by atoms with van der Waals surface area (Å²) in [5, 5.41) is 0. The van der Waals surface area contributed by atoms with Crippen molar-refractivity contribution in [3.8, 4) is 5.75 Å². The smallest absolute Gasteiger partial charge is 0.310 e. The molecule has 0 aliphatic heterocycles. The Morgan fingerprint density at radius 3 is 1.93 bits per heavy atom. The van der Waals surface area contributed by atoms with Gasteiger partial charge < -0.3 is 4.18 Å². The Balaban J connectivity index is 1.98. The van der Waals surface area contributed by atoms with Crippen molar-refractivity contribution < 1.29 is 12.6 Å². The van der Waals surface area contributed by atoms with E-state index in [9.17, 15) is 8.42 Å². The van der Waals surface area contributed by atoms with Gasteiger partial charge in [-0.2, -0.15) is 8.42 Å². The first-order chi connectivity index (χ1) is 12.9. The second kappa shape index (κ2) is 7.97. The molecule has 0 fully saturated rings. The summed E-state index contributed by atoms with van der Waals surface area (Å²) in [4.78, 5) is 0. The number of rotatable bonds is 6. The molecule has 3 nitrogen and oxygen atoms in total. The van der Waals surface area contributed by atoms with Crippen molar-refractivity contribution in [3.63, 3.8) is 0 Å². The van der Waals surface area contributed by atoms with Crippen LogP contribution in [0.3, 0.4) is 0 Å². The first-order valence-corrected chi connectivity index (χ1v) is 10.5. The summed E-state index contributed by atoms with van der Waals surface area (Å²) in [5.74, 6) is 0.0196. The quantitative estimate of drug-likeness (QED) is 0.555. The molecule has 0 radical (unpaired) electrons. The number of benzene rings is 3. The molecule has 3 aromatic rings. The minimum Gasteiger partial charge on any atom is -0.382 e. The molecule has 0 heterocycles. The largest absolute Gasteiger partial charge is 0.382 e. The SMILES string of the molecule is Cc1ccccc1[C@H](CS(=O)(=O)Oc1c(C)cccc1C)c1ccccc1. The molecule has 3 aromatic carbocycles. The maximum atomic E-state index is 13.0. The number of hydrogen-bond acceptors (Lipinski definition) is 3. The van der Waals surface area contributed by atoms with Crippen LogP contribution in [0.1, 0.15) is 33.7 Å². The standard InChI is InChI=1S/C23H24O3S/c1-17-10-7-8-15-21(17)22(20-13-5-4-6-14-20)16-27(24,25)26-23-18(2)11-9-12-19(23)3/h4-15,22H,16H2,1-3H3/t22-/m1/s1. The molecule has 0 aliphatic carbocycles. The molecule has 0 bridgehead atoms. The normalized spacial score (nSPS) is 12.6. The molecule has 0 N–H and O–H groups in total. The molecular weight excluding hydrogens is 356 g/mol.